The zero-order valence-corrected chi connectivity index (χ0v) is 13.2. The van der Waals surface area contributed by atoms with Crippen LogP contribution in [0.5, 0.6) is 17.2 Å². The van der Waals surface area contributed by atoms with Crippen LogP contribution in [-0.2, 0) is 4.79 Å². The minimum atomic E-state index is -2.98. The Balaban J connectivity index is 2.07. The molecular formula is C17H17F2NO4. The second-order valence-corrected chi connectivity index (χ2v) is 4.77. The molecule has 2 aromatic rings. The fraction of sp³-hybridized carbons (Fsp3) is 0.235. The quantitative estimate of drug-likeness (QED) is 0.837. The van der Waals surface area contributed by atoms with Crippen LogP contribution in [0.4, 0.5) is 14.5 Å². The minimum Gasteiger partial charge on any atom is -0.493 e. The Kier molecular flexibility index (Phi) is 5.95. The van der Waals surface area contributed by atoms with Gasteiger partial charge in [-0.3, -0.25) is 4.79 Å². The van der Waals surface area contributed by atoms with E-state index in [0.717, 1.165) is 0 Å². The molecule has 1 N–H and O–H groups in total. The Labute approximate surface area is 138 Å². The largest absolute Gasteiger partial charge is 0.493 e. The predicted octanol–water partition coefficient (Wildman–Crippen LogP) is 3.70. The number of alkyl halides is 2. The lowest BCUT2D eigenvalue weighted by molar-refractivity contribution is -0.122. The van der Waals surface area contributed by atoms with Gasteiger partial charge in [0.05, 0.1) is 12.8 Å². The maximum Gasteiger partial charge on any atom is 0.387 e. The van der Waals surface area contributed by atoms with Crippen molar-refractivity contribution in [2.24, 2.45) is 0 Å². The summed E-state index contributed by atoms with van der Waals surface area (Å²) in [5.74, 6) is 0.259. The number of hydrogen-bond donors (Lipinski definition) is 1. The smallest absolute Gasteiger partial charge is 0.387 e. The van der Waals surface area contributed by atoms with E-state index in [2.05, 4.69) is 10.1 Å². The van der Waals surface area contributed by atoms with Crippen LogP contribution in [-0.4, -0.2) is 25.7 Å². The summed E-state index contributed by atoms with van der Waals surface area (Å²) in [6, 6.07) is 12.8. The van der Waals surface area contributed by atoms with E-state index >= 15 is 0 Å². The first-order valence-electron chi connectivity index (χ1n) is 7.15. The van der Waals surface area contributed by atoms with Crippen LogP contribution in [0.25, 0.3) is 0 Å². The summed E-state index contributed by atoms with van der Waals surface area (Å²) in [7, 11) is 1.49. The third kappa shape index (κ3) is 4.58. The van der Waals surface area contributed by atoms with Gasteiger partial charge in [0.2, 0.25) is 0 Å². The summed E-state index contributed by atoms with van der Waals surface area (Å²) >= 11 is 0. The predicted molar refractivity (Wildman–Crippen MR) is 84.8 cm³/mol. The summed E-state index contributed by atoms with van der Waals surface area (Å²) in [4.78, 5) is 12.2. The lowest BCUT2D eigenvalue weighted by atomic mass is 10.2. The number of methoxy groups -OCH3 is 1. The van der Waals surface area contributed by atoms with Crippen LogP contribution in [0.1, 0.15) is 6.92 Å². The number of amides is 1. The molecule has 0 unspecified atom stereocenters. The van der Waals surface area contributed by atoms with Gasteiger partial charge in [0.1, 0.15) is 5.75 Å². The van der Waals surface area contributed by atoms with Crippen LogP contribution in [0, 0.1) is 0 Å². The lowest BCUT2D eigenvalue weighted by Gasteiger charge is -2.17. The van der Waals surface area contributed by atoms with E-state index in [9.17, 15) is 13.6 Å². The molecule has 0 spiro atoms. The van der Waals surface area contributed by atoms with Crippen LogP contribution < -0.4 is 19.5 Å². The number of benzene rings is 2. The lowest BCUT2D eigenvalue weighted by Crippen LogP contribution is -2.30. The molecule has 2 rings (SSSR count). The second kappa shape index (κ2) is 8.14. The number of rotatable bonds is 7. The Morgan fingerprint density at radius 3 is 2.17 bits per heavy atom. The van der Waals surface area contributed by atoms with Crippen molar-refractivity contribution in [3.8, 4) is 17.2 Å². The molecule has 128 valence electrons. The van der Waals surface area contributed by atoms with Gasteiger partial charge in [-0.2, -0.15) is 8.78 Å². The molecule has 0 aliphatic rings. The Morgan fingerprint density at radius 2 is 1.54 bits per heavy atom. The average molecular weight is 337 g/mol. The first-order valence-corrected chi connectivity index (χ1v) is 7.15. The monoisotopic (exact) mass is 337 g/mol. The fourth-order valence-electron chi connectivity index (χ4n) is 1.96. The van der Waals surface area contributed by atoms with Crippen molar-refractivity contribution in [3.63, 3.8) is 0 Å². The number of carbonyl (C=O) groups excluding carboxylic acids is 1. The molecule has 2 aromatic carbocycles. The molecule has 24 heavy (non-hydrogen) atoms. The maximum atomic E-state index is 12.4. The van der Waals surface area contributed by atoms with Gasteiger partial charge in [-0.15, -0.1) is 0 Å². The van der Waals surface area contributed by atoms with Crippen molar-refractivity contribution in [3.05, 3.63) is 48.5 Å². The van der Waals surface area contributed by atoms with Gasteiger partial charge in [0.15, 0.2) is 17.6 Å². The molecule has 0 fully saturated rings. The highest BCUT2D eigenvalue weighted by molar-refractivity contribution is 5.95. The third-order valence-corrected chi connectivity index (χ3v) is 3.10. The molecule has 0 aliphatic heterocycles. The van der Waals surface area contributed by atoms with E-state index in [0.29, 0.717) is 11.5 Å². The van der Waals surface area contributed by atoms with Gasteiger partial charge in [-0.25, -0.2) is 0 Å². The molecule has 1 amide bonds. The van der Waals surface area contributed by atoms with E-state index in [4.69, 9.17) is 9.47 Å². The van der Waals surface area contributed by atoms with E-state index in [1.54, 1.807) is 37.3 Å². The van der Waals surface area contributed by atoms with E-state index in [1.165, 1.54) is 25.3 Å². The fourth-order valence-corrected chi connectivity index (χ4v) is 1.96. The highest BCUT2D eigenvalue weighted by atomic mass is 19.3. The summed E-state index contributed by atoms with van der Waals surface area (Å²) in [6.45, 7) is -1.44. The average Bonchev–Trinajstić information content (AvgIpc) is 2.56. The SMILES string of the molecule is COc1ccccc1O[C@@H](C)C(=O)Nc1ccccc1OC(F)F. The van der Waals surface area contributed by atoms with Crippen molar-refractivity contribution >= 4 is 11.6 Å². The molecule has 0 saturated carbocycles. The minimum absolute atomic E-state index is 0.120. The number of halogens is 2. The molecule has 0 aliphatic carbocycles. The van der Waals surface area contributed by atoms with Crippen molar-refractivity contribution in [1.29, 1.82) is 0 Å². The Hall–Kier alpha value is -2.83. The van der Waals surface area contributed by atoms with Crippen molar-refractivity contribution < 1.29 is 27.8 Å². The van der Waals surface area contributed by atoms with Gasteiger partial charge in [0.25, 0.3) is 5.91 Å². The summed E-state index contributed by atoms with van der Waals surface area (Å²) in [6.07, 6.45) is -0.874. The van der Waals surface area contributed by atoms with Crippen LogP contribution in [0.3, 0.4) is 0 Å². The van der Waals surface area contributed by atoms with Crippen LogP contribution >= 0.6 is 0 Å². The zero-order valence-electron chi connectivity index (χ0n) is 13.2. The van der Waals surface area contributed by atoms with Gasteiger partial charge < -0.3 is 19.5 Å². The molecule has 1 atom stereocenters. The number of ether oxygens (including phenoxy) is 3. The van der Waals surface area contributed by atoms with Crippen molar-refractivity contribution in [1.82, 2.24) is 0 Å². The molecule has 5 nitrogen and oxygen atoms in total. The third-order valence-electron chi connectivity index (χ3n) is 3.10. The number of carbonyl (C=O) groups is 1. The van der Waals surface area contributed by atoms with Gasteiger partial charge in [-0.1, -0.05) is 24.3 Å². The van der Waals surface area contributed by atoms with Crippen molar-refractivity contribution in [2.45, 2.75) is 19.6 Å². The maximum absolute atomic E-state index is 12.4. The van der Waals surface area contributed by atoms with Gasteiger partial charge in [-0.05, 0) is 31.2 Å². The van der Waals surface area contributed by atoms with Gasteiger partial charge in [0, 0.05) is 0 Å². The highest BCUT2D eigenvalue weighted by Crippen LogP contribution is 2.28. The Morgan fingerprint density at radius 1 is 0.958 bits per heavy atom. The van der Waals surface area contributed by atoms with E-state index in [-0.39, 0.29) is 11.4 Å². The summed E-state index contributed by atoms with van der Waals surface area (Å²) in [5, 5.41) is 2.51. The van der Waals surface area contributed by atoms with Crippen LogP contribution in [0.15, 0.2) is 48.5 Å². The summed E-state index contributed by atoms with van der Waals surface area (Å²) < 4.78 is 39.9. The standard InChI is InChI=1S/C17H17F2NO4/c1-11(23-15-10-6-5-9-14(15)22-2)16(21)20-12-7-3-4-8-13(12)24-17(18)19/h3-11,17H,1-2H3,(H,20,21)/t11-/m0/s1. The topological polar surface area (TPSA) is 56.8 Å². The first-order chi connectivity index (χ1) is 11.5. The number of anilines is 1. The summed E-state index contributed by atoms with van der Waals surface area (Å²) in [5.41, 5.74) is 0.137. The number of para-hydroxylation sites is 4. The number of nitrogens with one attached hydrogen (secondary N) is 1. The first kappa shape index (κ1) is 17.5. The highest BCUT2D eigenvalue weighted by Gasteiger charge is 2.19. The van der Waals surface area contributed by atoms with E-state index in [1.807, 2.05) is 0 Å². The Bertz CT molecular complexity index is 694. The molecule has 0 saturated heterocycles. The number of hydrogen-bond acceptors (Lipinski definition) is 4. The molecule has 0 bridgehead atoms. The molecule has 0 heterocycles. The molecule has 0 aromatic heterocycles. The van der Waals surface area contributed by atoms with Gasteiger partial charge >= 0.3 is 6.61 Å². The molecular weight excluding hydrogens is 320 g/mol. The van der Waals surface area contributed by atoms with E-state index < -0.39 is 18.6 Å². The molecule has 0 radical (unpaired) electrons. The molecule has 7 heteroatoms. The zero-order chi connectivity index (χ0) is 17.5. The van der Waals surface area contributed by atoms with Crippen molar-refractivity contribution in [2.75, 3.05) is 12.4 Å². The second-order valence-electron chi connectivity index (χ2n) is 4.77. The van der Waals surface area contributed by atoms with Crippen LogP contribution in [0.2, 0.25) is 0 Å². The normalized spacial score (nSPS) is 11.7.